The number of hydrogen-bond acceptors (Lipinski definition) is 4. The van der Waals surface area contributed by atoms with E-state index in [9.17, 15) is 14.7 Å². The molecule has 0 unspecified atom stereocenters. The summed E-state index contributed by atoms with van der Waals surface area (Å²) in [4.78, 5) is 24.2. The van der Waals surface area contributed by atoms with Gasteiger partial charge in [-0.2, -0.15) is 0 Å². The molecule has 0 spiro atoms. The molecule has 2 amide bonds. The van der Waals surface area contributed by atoms with Crippen molar-refractivity contribution < 1.29 is 19.4 Å². The van der Waals surface area contributed by atoms with Gasteiger partial charge in [0.1, 0.15) is 19.0 Å². The van der Waals surface area contributed by atoms with E-state index in [0.29, 0.717) is 11.3 Å². The van der Waals surface area contributed by atoms with E-state index in [1.54, 1.807) is 13.0 Å². The van der Waals surface area contributed by atoms with Crippen LogP contribution < -0.4 is 4.90 Å². The molecular formula is C11H11NO4. The van der Waals surface area contributed by atoms with E-state index in [2.05, 4.69) is 0 Å². The van der Waals surface area contributed by atoms with Crippen molar-refractivity contribution in [2.45, 2.75) is 6.92 Å². The molecule has 1 fully saturated rings. The van der Waals surface area contributed by atoms with E-state index in [0.717, 1.165) is 4.90 Å². The van der Waals surface area contributed by atoms with E-state index in [1.807, 2.05) is 0 Å². The molecule has 1 saturated heterocycles. The summed E-state index contributed by atoms with van der Waals surface area (Å²) in [7, 11) is 0. The number of phenolic OH excluding ortho intramolecular Hbond substituents is 1. The predicted octanol–water partition coefficient (Wildman–Crippen LogP) is 0.590. The van der Waals surface area contributed by atoms with Crippen molar-refractivity contribution in [3.63, 3.8) is 0 Å². The maximum atomic E-state index is 11.6. The van der Waals surface area contributed by atoms with Crippen LogP contribution in [0.4, 0.5) is 5.69 Å². The second kappa shape index (κ2) is 3.94. The number of benzene rings is 1. The first-order chi connectivity index (χ1) is 7.59. The Kier molecular flexibility index (Phi) is 2.62. The van der Waals surface area contributed by atoms with Crippen molar-refractivity contribution in [2.75, 3.05) is 18.1 Å². The molecule has 0 radical (unpaired) electrons. The average molecular weight is 221 g/mol. The minimum Gasteiger partial charge on any atom is -0.508 e. The zero-order chi connectivity index (χ0) is 11.7. The second-order valence-electron chi connectivity index (χ2n) is 3.59. The molecule has 1 aliphatic heterocycles. The zero-order valence-corrected chi connectivity index (χ0v) is 8.77. The number of aryl methyl sites for hydroxylation is 1. The van der Waals surface area contributed by atoms with Gasteiger partial charge < -0.3 is 9.84 Å². The fraction of sp³-hybridized carbons (Fsp3) is 0.273. The Bertz CT molecular complexity index is 439. The third-order valence-electron chi connectivity index (χ3n) is 2.37. The maximum absolute atomic E-state index is 11.6. The second-order valence-corrected chi connectivity index (χ2v) is 3.59. The molecule has 0 atom stereocenters. The molecule has 1 aliphatic rings. The van der Waals surface area contributed by atoms with Gasteiger partial charge in [-0.25, -0.2) is 4.90 Å². The molecule has 1 aromatic rings. The van der Waals surface area contributed by atoms with Crippen LogP contribution in [0.25, 0.3) is 0 Å². The molecule has 16 heavy (non-hydrogen) atoms. The number of phenols is 1. The Morgan fingerprint density at radius 2 is 1.88 bits per heavy atom. The highest BCUT2D eigenvalue weighted by Crippen LogP contribution is 2.25. The monoisotopic (exact) mass is 221 g/mol. The van der Waals surface area contributed by atoms with Crippen molar-refractivity contribution in [1.82, 2.24) is 0 Å². The standard InChI is InChI=1S/C11H11NO4/c1-7-4-8(13)2-3-9(7)12-10(14)5-16-6-11(12)15/h2-4,13H,5-6H2,1H3. The van der Waals surface area contributed by atoms with E-state index in [4.69, 9.17) is 4.74 Å². The molecular weight excluding hydrogens is 210 g/mol. The SMILES string of the molecule is Cc1cc(O)ccc1N1C(=O)COCC1=O. The minimum absolute atomic E-state index is 0.0912. The first-order valence-electron chi connectivity index (χ1n) is 4.83. The molecule has 0 saturated carbocycles. The molecule has 2 rings (SSSR count). The summed E-state index contributed by atoms with van der Waals surface area (Å²) in [6.07, 6.45) is 0. The van der Waals surface area contributed by atoms with Gasteiger partial charge in [0, 0.05) is 0 Å². The van der Waals surface area contributed by atoms with Gasteiger partial charge in [-0.05, 0) is 30.7 Å². The lowest BCUT2D eigenvalue weighted by atomic mass is 10.1. The van der Waals surface area contributed by atoms with Crippen molar-refractivity contribution in [3.8, 4) is 5.75 Å². The largest absolute Gasteiger partial charge is 0.508 e. The van der Waals surface area contributed by atoms with Crippen LogP contribution in [-0.2, 0) is 14.3 Å². The third-order valence-corrected chi connectivity index (χ3v) is 2.37. The highest BCUT2D eigenvalue weighted by atomic mass is 16.5. The van der Waals surface area contributed by atoms with E-state index >= 15 is 0 Å². The van der Waals surface area contributed by atoms with Crippen molar-refractivity contribution in [2.24, 2.45) is 0 Å². The van der Waals surface area contributed by atoms with Gasteiger partial charge in [0.2, 0.25) is 0 Å². The topological polar surface area (TPSA) is 66.8 Å². The smallest absolute Gasteiger partial charge is 0.259 e. The van der Waals surface area contributed by atoms with E-state index in [1.165, 1.54) is 12.1 Å². The lowest BCUT2D eigenvalue weighted by Crippen LogP contribution is -2.46. The molecule has 5 nitrogen and oxygen atoms in total. The van der Waals surface area contributed by atoms with Crippen LogP contribution >= 0.6 is 0 Å². The molecule has 0 bridgehead atoms. The maximum Gasteiger partial charge on any atom is 0.259 e. The minimum atomic E-state index is -0.384. The summed E-state index contributed by atoms with van der Waals surface area (Å²) in [6.45, 7) is 1.54. The fourth-order valence-electron chi connectivity index (χ4n) is 1.65. The van der Waals surface area contributed by atoms with Gasteiger partial charge in [0.05, 0.1) is 5.69 Å². The lowest BCUT2D eigenvalue weighted by molar-refractivity contribution is -0.138. The third kappa shape index (κ3) is 1.77. The van der Waals surface area contributed by atoms with Crippen LogP contribution in [0.5, 0.6) is 5.75 Å². The van der Waals surface area contributed by atoms with E-state index in [-0.39, 0.29) is 30.8 Å². The zero-order valence-electron chi connectivity index (χ0n) is 8.77. The lowest BCUT2D eigenvalue weighted by Gasteiger charge is -2.26. The normalized spacial score (nSPS) is 16.7. The van der Waals surface area contributed by atoms with Crippen LogP contribution in [0.2, 0.25) is 0 Å². The van der Waals surface area contributed by atoms with Gasteiger partial charge in [-0.1, -0.05) is 0 Å². The van der Waals surface area contributed by atoms with Crippen LogP contribution in [0.15, 0.2) is 18.2 Å². The highest BCUT2D eigenvalue weighted by molar-refractivity contribution is 6.17. The number of nitrogens with zero attached hydrogens (tertiary/aromatic N) is 1. The molecule has 0 aliphatic carbocycles. The van der Waals surface area contributed by atoms with Crippen LogP contribution in [0.3, 0.4) is 0 Å². The number of anilines is 1. The van der Waals surface area contributed by atoms with Crippen molar-refractivity contribution >= 4 is 17.5 Å². The summed E-state index contributed by atoms with van der Waals surface area (Å²) in [6, 6.07) is 4.50. The number of amides is 2. The van der Waals surface area contributed by atoms with E-state index < -0.39 is 0 Å². The van der Waals surface area contributed by atoms with Gasteiger partial charge >= 0.3 is 0 Å². The summed E-state index contributed by atoms with van der Waals surface area (Å²) < 4.78 is 4.82. The molecule has 1 heterocycles. The summed E-state index contributed by atoms with van der Waals surface area (Å²) in [5.74, 6) is -0.663. The number of aromatic hydroxyl groups is 1. The number of rotatable bonds is 1. The number of morpholine rings is 1. The predicted molar refractivity (Wildman–Crippen MR) is 56.2 cm³/mol. The van der Waals surface area contributed by atoms with Crippen LogP contribution in [0.1, 0.15) is 5.56 Å². The molecule has 84 valence electrons. The highest BCUT2D eigenvalue weighted by Gasteiger charge is 2.29. The Morgan fingerprint density at radius 3 is 2.44 bits per heavy atom. The van der Waals surface area contributed by atoms with Crippen molar-refractivity contribution in [3.05, 3.63) is 23.8 Å². The van der Waals surface area contributed by atoms with Crippen LogP contribution in [-0.4, -0.2) is 30.1 Å². The van der Waals surface area contributed by atoms with Gasteiger partial charge in [-0.15, -0.1) is 0 Å². The first kappa shape index (κ1) is 10.6. The fourth-order valence-corrected chi connectivity index (χ4v) is 1.65. The number of hydrogen-bond donors (Lipinski definition) is 1. The first-order valence-corrected chi connectivity index (χ1v) is 4.83. The molecule has 1 N–H and O–H groups in total. The van der Waals surface area contributed by atoms with Gasteiger partial charge in [0.15, 0.2) is 0 Å². The quantitative estimate of drug-likeness (QED) is 0.705. The average Bonchev–Trinajstić information content (AvgIpc) is 2.20. The summed E-state index contributed by atoms with van der Waals surface area (Å²) in [5.41, 5.74) is 1.17. The molecule has 0 aromatic heterocycles. The van der Waals surface area contributed by atoms with Gasteiger partial charge in [-0.3, -0.25) is 9.59 Å². The Hall–Kier alpha value is -1.88. The number of imide groups is 1. The Morgan fingerprint density at radius 1 is 1.25 bits per heavy atom. The number of carbonyl (C=O) groups excluding carboxylic acids is 2. The number of ether oxygens (including phenoxy) is 1. The van der Waals surface area contributed by atoms with Crippen LogP contribution in [0, 0.1) is 6.92 Å². The summed E-state index contributed by atoms with van der Waals surface area (Å²) >= 11 is 0. The Balaban J connectivity index is 2.42. The summed E-state index contributed by atoms with van der Waals surface area (Å²) in [5, 5.41) is 9.25. The van der Waals surface area contributed by atoms with Gasteiger partial charge in [0.25, 0.3) is 11.8 Å². The Labute approximate surface area is 92.2 Å². The molecule has 1 aromatic carbocycles. The number of carbonyl (C=O) groups is 2. The molecule has 5 heteroatoms. The van der Waals surface area contributed by atoms with Crippen molar-refractivity contribution in [1.29, 1.82) is 0 Å².